The molecule has 1 N–H and O–H groups in total. The number of carbonyl (C=O) groups excluding carboxylic acids is 1. The molecule has 0 atom stereocenters. The molecule has 0 saturated carbocycles. The van der Waals surface area contributed by atoms with E-state index in [2.05, 4.69) is 11.4 Å². The summed E-state index contributed by atoms with van der Waals surface area (Å²) in [6, 6.07) is 6.20. The third kappa shape index (κ3) is 3.31. The Morgan fingerprint density at radius 2 is 2.24 bits per heavy atom. The minimum Gasteiger partial charge on any atom is -0.354 e. The van der Waals surface area contributed by atoms with Crippen molar-refractivity contribution >= 4 is 17.2 Å². The van der Waals surface area contributed by atoms with Gasteiger partial charge in [-0.1, -0.05) is 19.9 Å². The number of thiophene rings is 1. The van der Waals surface area contributed by atoms with Crippen LogP contribution in [0.4, 0.5) is 0 Å². The van der Waals surface area contributed by atoms with E-state index in [-0.39, 0.29) is 5.91 Å². The highest BCUT2D eigenvalue weighted by Crippen LogP contribution is 2.25. The summed E-state index contributed by atoms with van der Waals surface area (Å²) in [7, 11) is 0. The van der Waals surface area contributed by atoms with Crippen molar-refractivity contribution in [2.45, 2.75) is 33.1 Å². The van der Waals surface area contributed by atoms with E-state index >= 15 is 0 Å². The van der Waals surface area contributed by atoms with Crippen molar-refractivity contribution < 1.29 is 4.79 Å². The van der Waals surface area contributed by atoms with Crippen molar-refractivity contribution in [3.8, 4) is 6.07 Å². The highest BCUT2D eigenvalue weighted by Gasteiger charge is 2.34. The topological polar surface area (TPSA) is 52.9 Å². The van der Waals surface area contributed by atoms with Crippen molar-refractivity contribution in [2.24, 2.45) is 5.41 Å². The predicted molar refractivity (Wildman–Crippen MR) is 69.7 cm³/mol. The SMILES string of the molecule is CCC(C#N)(CC)C(=O)NCCc1cccs1. The molecular weight excluding hydrogens is 232 g/mol. The van der Waals surface area contributed by atoms with Gasteiger partial charge in [0.2, 0.25) is 5.91 Å². The monoisotopic (exact) mass is 250 g/mol. The second kappa shape index (κ2) is 6.41. The third-order valence-corrected chi connectivity index (χ3v) is 4.03. The molecule has 3 nitrogen and oxygen atoms in total. The molecule has 1 aromatic rings. The summed E-state index contributed by atoms with van der Waals surface area (Å²) in [5.41, 5.74) is -0.852. The highest BCUT2D eigenvalue weighted by molar-refractivity contribution is 7.09. The molecule has 0 aliphatic rings. The Kier molecular flexibility index (Phi) is 5.17. The number of nitriles is 1. The normalized spacial score (nSPS) is 10.9. The van der Waals surface area contributed by atoms with E-state index in [0.29, 0.717) is 19.4 Å². The van der Waals surface area contributed by atoms with Crippen LogP contribution >= 0.6 is 11.3 Å². The van der Waals surface area contributed by atoms with Crippen molar-refractivity contribution in [3.63, 3.8) is 0 Å². The second-order valence-corrected chi connectivity index (χ2v) is 5.02. The van der Waals surface area contributed by atoms with Gasteiger partial charge >= 0.3 is 0 Å². The summed E-state index contributed by atoms with van der Waals surface area (Å²) in [5, 5.41) is 14.0. The lowest BCUT2D eigenvalue weighted by Crippen LogP contribution is -2.40. The van der Waals surface area contributed by atoms with Crippen LogP contribution in [0.1, 0.15) is 31.6 Å². The molecule has 1 heterocycles. The smallest absolute Gasteiger partial charge is 0.240 e. The lowest BCUT2D eigenvalue weighted by molar-refractivity contribution is -0.128. The lowest BCUT2D eigenvalue weighted by atomic mass is 9.83. The number of hydrogen-bond donors (Lipinski definition) is 1. The Labute approximate surface area is 106 Å². The van der Waals surface area contributed by atoms with E-state index in [1.165, 1.54) is 4.88 Å². The number of nitrogens with one attached hydrogen (secondary N) is 1. The fraction of sp³-hybridized carbons (Fsp3) is 0.538. The summed E-state index contributed by atoms with van der Waals surface area (Å²) in [4.78, 5) is 13.2. The van der Waals surface area contributed by atoms with Gasteiger partial charge in [0, 0.05) is 11.4 Å². The van der Waals surface area contributed by atoms with Crippen LogP contribution in [-0.2, 0) is 11.2 Å². The molecule has 1 aromatic heterocycles. The Morgan fingerprint density at radius 3 is 2.71 bits per heavy atom. The summed E-state index contributed by atoms with van der Waals surface area (Å²) >= 11 is 1.68. The standard InChI is InChI=1S/C13H18N2OS/c1-3-13(4-2,10-14)12(16)15-8-7-11-6-5-9-17-11/h5-6,9H,3-4,7-8H2,1-2H3,(H,15,16). The molecule has 0 aliphatic carbocycles. The van der Waals surface area contributed by atoms with Crippen LogP contribution in [0.15, 0.2) is 17.5 Å². The molecule has 1 rings (SSSR count). The number of amides is 1. The maximum Gasteiger partial charge on any atom is 0.240 e. The lowest BCUT2D eigenvalue weighted by Gasteiger charge is -2.21. The first-order valence-corrected chi connectivity index (χ1v) is 6.78. The first-order chi connectivity index (χ1) is 8.18. The molecule has 0 radical (unpaired) electrons. The Morgan fingerprint density at radius 1 is 1.53 bits per heavy atom. The van der Waals surface area contributed by atoms with E-state index in [9.17, 15) is 4.79 Å². The molecule has 17 heavy (non-hydrogen) atoms. The minimum absolute atomic E-state index is 0.137. The highest BCUT2D eigenvalue weighted by atomic mass is 32.1. The average molecular weight is 250 g/mol. The summed E-state index contributed by atoms with van der Waals surface area (Å²) in [6.07, 6.45) is 1.95. The van der Waals surface area contributed by atoms with Gasteiger partial charge in [-0.15, -0.1) is 11.3 Å². The Bertz CT molecular complexity index is 388. The number of carbonyl (C=O) groups is 1. The molecule has 0 aliphatic heterocycles. The number of rotatable bonds is 6. The van der Waals surface area contributed by atoms with E-state index in [1.807, 2.05) is 31.4 Å². The van der Waals surface area contributed by atoms with Gasteiger partial charge in [-0.25, -0.2) is 0 Å². The van der Waals surface area contributed by atoms with Gasteiger partial charge in [0.05, 0.1) is 6.07 Å². The summed E-state index contributed by atoms with van der Waals surface area (Å²) in [6.45, 7) is 4.36. The average Bonchev–Trinajstić information content (AvgIpc) is 2.85. The Balaban J connectivity index is 2.46. The van der Waals surface area contributed by atoms with Crippen LogP contribution in [-0.4, -0.2) is 12.5 Å². The molecule has 0 unspecified atom stereocenters. The molecule has 0 saturated heterocycles. The molecule has 92 valence electrons. The van der Waals surface area contributed by atoms with Gasteiger partial charge in [-0.2, -0.15) is 5.26 Å². The van der Waals surface area contributed by atoms with Crippen LogP contribution in [0.25, 0.3) is 0 Å². The molecule has 1 amide bonds. The van der Waals surface area contributed by atoms with Crippen LogP contribution in [0.5, 0.6) is 0 Å². The molecule has 0 aromatic carbocycles. The maximum absolute atomic E-state index is 12.0. The van der Waals surface area contributed by atoms with Gasteiger partial charge in [-0.3, -0.25) is 4.79 Å². The van der Waals surface area contributed by atoms with Gasteiger partial charge in [0.1, 0.15) is 5.41 Å². The van der Waals surface area contributed by atoms with E-state index in [1.54, 1.807) is 11.3 Å². The van der Waals surface area contributed by atoms with Crippen molar-refractivity contribution in [1.29, 1.82) is 5.26 Å². The van der Waals surface area contributed by atoms with E-state index < -0.39 is 5.41 Å². The zero-order valence-corrected chi connectivity index (χ0v) is 11.1. The quantitative estimate of drug-likeness (QED) is 0.844. The summed E-state index contributed by atoms with van der Waals surface area (Å²) in [5.74, 6) is -0.137. The van der Waals surface area contributed by atoms with Crippen LogP contribution < -0.4 is 5.32 Å². The largest absolute Gasteiger partial charge is 0.354 e. The van der Waals surface area contributed by atoms with Crippen LogP contribution in [0.2, 0.25) is 0 Å². The summed E-state index contributed by atoms with van der Waals surface area (Å²) < 4.78 is 0. The molecule has 0 spiro atoms. The van der Waals surface area contributed by atoms with Crippen LogP contribution in [0.3, 0.4) is 0 Å². The first-order valence-electron chi connectivity index (χ1n) is 5.90. The fourth-order valence-corrected chi connectivity index (χ4v) is 2.41. The van der Waals surface area contributed by atoms with Crippen molar-refractivity contribution in [1.82, 2.24) is 5.32 Å². The fourth-order valence-electron chi connectivity index (χ4n) is 1.70. The zero-order chi connectivity index (χ0) is 12.7. The zero-order valence-electron chi connectivity index (χ0n) is 10.3. The van der Waals surface area contributed by atoms with Gasteiger partial charge in [0.15, 0.2) is 0 Å². The van der Waals surface area contributed by atoms with Gasteiger partial charge < -0.3 is 5.32 Å². The van der Waals surface area contributed by atoms with Crippen LogP contribution in [0, 0.1) is 16.7 Å². The number of nitrogens with zero attached hydrogens (tertiary/aromatic N) is 1. The van der Waals surface area contributed by atoms with Crippen molar-refractivity contribution in [3.05, 3.63) is 22.4 Å². The Hall–Kier alpha value is -1.34. The predicted octanol–water partition coefficient (Wildman–Crippen LogP) is 2.74. The first kappa shape index (κ1) is 13.7. The minimum atomic E-state index is -0.852. The second-order valence-electron chi connectivity index (χ2n) is 3.99. The van der Waals surface area contributed by atoms with E-state index in [4.69, 9.17) is 5.26 Å². The van der Waals surface area contributed by atoms with Crippen molar-refractivity contribution in [2.75, 3.05) is 6.54 Å². The molecule has 0 bridgehead atoms. The molecule has 4 heteroatoms. The molecule has 0 fully saturated rings. The third-order valence-electron chi connectivity index (χ3n) is 3.09. The van der Waals surface area contributed by atoms with E-state index in [0.717, 1.165) is 6.42 Å². The van der Waals surface area contributed by atoms with Gasteiger partial charge in [-0.05, 0) is 30.7 Å². The van der Waals surface area contributed by atoms with Gasteiger partial charge in [0.25, 0.3) is 0 Å². The molecular formula is C13H18N2OS. The maximum atomic E-state index is 12.0. The number of hydrogen-bond acceptors (Lipinski definition) is 3.